The molecule has 2 aliphatic heterocycles. The summed E-state index contributed by atoms with van der Waals surface area (Å²) in [6.07, 6.45) is 0.795. The Morgan fingerprint density at radius 3 is 2.39 bits per heavy atom. The summed E-state index contributed by atoms with van der Waals surface area (Å²) in [5.74, 6) is 0.0194. The third-order valence-electron chi connectivity index (χ3n) is 5.98. The van der Waals surface area contributed by atoms with Crippen LogP contribution in [0.1, 0.15) is 59.1 Å². The molecule has 1 N–H and O–H groups in total. The van der Waals surface area contributed by atoms with Gasteiger partial charge in [0.1, 0.15) is 6.17 Å². The summed E-state index contributed by atoms with van der Waals surface area (Å²) in [5.41, 5.74) is 3.13. The van der Waals surface area contributed by atoms with Crippen LogP contribution < -0.4 is 5.32 Å². The fourth-order valence-electron chi connectivity index (χ4n) is 4.36. The van der Waals surface area contributed by atoms with Crippen LogP contribution in [0.25, 0.3) is 0 Å². The fourth-order valence-corrected chi connectivity index (χ4v) is 4.36. The number of likely N-dealkylation sites (tertiary alicyclic amines) is 1. The lowest BCUT2D eigenvalue weighted by molar-refractivity contribution is 0.0496. The van der Waals surface area contributed by atoms with Crippen LogP contribution in [0.4, 0.5) is 10.5 Å². The second kappa shape index (κ2) is 8.79. The van der Waals surface area contributed by atoms with Gasteiger partial charge < -0.3 is 19.9 Å². The molecule has 0 radical (unpaired) electrons. The highest BCUT2D eigenvalue weighted by atomic mass is 16.6. The number of ether oxygens (including phenoxy) is 1. The lowest BCUT2D eigenvalue weighted by atomic mass is 10.0. The molecule has 7 nitrogen and oxygen atoms in total. The van der Waals surface area contributed by atoms with Gasteiger partial charge in [0.25, 0.3) is 5.91 Å². The third kappa shape index (κ3) is 4.13. The van der Waals surface area contributed by atoms with Gasteiger partial charge in [-0.15, -0.1) is 0 Å². The molecular formula is C24H27N3O4. The van der Waals surface area contributed by atoms with E-state index in [9.17, 15) is 14.4 Å². The monoisotopic (exact) mass is 421 g/mol. The van der Waals surface area contributed by atoms with E-state index in [0.29, 0.717) is 43.7 Å². The number of fused-ring (bicyclic) bond motifs is 1. The molecule has 7 heteroatoms. The first kappa shape index (κ1) is 20.9. The molecule has 0 unspecified atom stereocenters. The molecule has 1 fully saturated rings. The number of ketones is 1. The summed E-state index contributed by atoms with van der Waals surface area (Å²) in [6, 6.07) is 15.0. The highest BCUT2D eigenvalue weighted by Crippen LogP contribution is 2.38. The Kier molecular flexibility index (Phi) is 5.93. The summed E-state index contributed by atoms with van der Waals surface area (Å²) in [7, 11) is 0. The van der Waals surface area contributed by atoms with Crippen LogP contribution >= 0.6 is 0 Å². The Labute approximate surface area is 182 Å². The van der Waals surface area contributed by atoms with Crippen molar-refractivity contribution in [2.24, 2.45) is 0 Å². The molecule has 162 valence electrons. The number of hydrogen-bond acceptors (Lipinski definition) is 5. The quantitative estimate of drug-likeness (QED) is 0.736. The Morgan fingerprint density at radius 2 is 1.74 bits per heavy atom. The van der Waals surface area contributed by atoms with Crippen molar-refractivity contribution in [2.75, 3.05) is 25.0 Å². The van der Waals surface area contributed by atoms with Crippen LogP contribution in [0.15, 0.2) is 48.5 Å². The highest BCUT2D eigenvalue weighted by Gasteiger charge is 2.42. The van der Waals surface area contributed by atoms with Crippen LogP contribution in [-0.4, -0.2) is 53.3 Å². The van der Waals surface area contributed by atoms with Crippen molar-refractivity contribution in [3.63, 3.8) is 0 Å². The molecule has 31 heavy (non-hydrogen) atoms. The highest BCUT2D eigenvalue weighted by molar-refractivity contribution is 6.00. The minimum Gasteiger partial charge on any atom is -0.450 e. The molecule has 0 saturated carbocycles. The van der Waals surface area contributed by atoms with E-state index in [2.05, 4.69) is 5.32 Å². The van der Waals surface area contributed by atoms with Crippen molar-refractivity contribution in [1.82, 2.24) is 9.80 Å². The second-order valence-electron chi connectivity index (χ2n) is 7.90. The van der Waals surface area contributed by atoms with Crippen molar-refractivity contribution in [2.45, 2.75) is 38.9 Å². The summed E-state index contributed by atoms with van der Waals surface area (Å²) >= 11 is 0. The van der Waals surface area contributed by atoms with E-state index >= 15 is 0 Å². The topological polar surface area (TPSA) is 79.0 Å². The number of amides is 2. The first-order valence-electron chi connectivity index (χ1n) is 10.7. The van der Waals surface area contributed by atoms with Crippen LogP contribution in [0, 0.1) is 0 Å². The van der Waals surface area contributed by atoms with Gasteiger partial charge in [-0.05, 0) is 57.0 Å². The zero-order chi connectivity index (χ0) is 22.0. The zero-order valence-electron chi connectivity index (χ0n) is 17.8. The molecule has 0 bridgehead atoms. The molecule has 0 aromatic heterocycles. The minimum absolute atomic E-state index is 0.00282. The van der Waals surface area contributed by atoms with E-state index in [4.69, 9.17) is 4.74 Å². The van der Waals surface area contributed by atoms with Crippen LogP contribution in [-0.2, 0) is 4.74 Å². The van der Waals surface area contributed by atoms with E-state index in [1.54, 1.807) is 30.9 Å². The van der Waals surface area contributed by atoms with Gasteiger partial charge in [-0.25, -0.2) is 4.79 Å². The lowest BCUT2D eigenvalue weighted by Crippen LogP contribution is -2.49. The average molecular weight is 421 g/mol. The van der Waals surface area contributed by atoms with Crippen LogP contribution in [0.5, 0.6) is 0 Å². The van der Waals surface area contributed by atoms with E-state index in [0.717, 1.165) is 11.3 Å². The van der Waals surface area contributed by atoms with E-state index in [1.807, 2.05) is 41.3 Å². The molecule has 2 aromatic carbocycles. The van der Waals surface area contributed by atoms with Gasteiger partial charge in [0, 0.05) is 41.5 Å². The largest absolute Gasteiger partial charge is 0.450 e. The number of nitrogens with zero attached hydrogens (tertiary/aromatic N) is 2. The third-order valence-corrected chi connectivity index (χ3v) is 5.98. The molecule has 2 aromatic rings. The van der Waals surface area contributed by atoms with Gasteiger partial charge in [0.05, 0.1) is 6.61 Å². The number of benzene rings is 2. The second-order valence-corrected chi connectivity index (χ2v) is 7.90. The number of Topliss-reactive ketones (excluding diaryl/α,β-unsaturated/α-hetero) is 1. The maximum absolute atomic E-state index is 13.3. The molecule has 1 atom stereocenters. The van der Waals surface area contributed by atoms with Crippen molar-refractivity contribution in [3.05, 3.63) is 65.2 Å². The number of carbonyl (C=O) groups is 3. The molecular weight excluding hydrogens is 394 g/mol. The number of carbonyl (C=O) groups excluding carboxylic acids is 3. The molecule has 0 aliphatic carbocycles. The normalized spacial score (nSPS) is 18.6. The maximum Gasteiger partial charge on any atom is 0.409 e. The minimum atomic E-state index is -0.300. The van der Waals surface area contributed by atoms with Gasteiger partial charge in [-0.1, -0.05) is 18.2 Å². The number of rotatable bonds is 5. The Bertz CT molecular complexity index is 981. The number of hydrogen-bond donors (Lipinski definition) is 1. The van der Waals surface area contributed by atoms with Crippen molar-refractivity contribution < 1.29 is 19.1 Å². The first-order valence-corrected chi connectivity index (χ1v) is 10.7. The van der Waals surface area contributed by atoms with Crippen LogP contribution in [0.3, 0.4) is 0 Å². The Morgan fingerprint density at radius 1 is 1.06 bits per heavy atom. The van der Waals surface area contributed by atoms with Gasteiger partial charge in [0.2, 0.25) is 0 Å². The Balaban J connectivity index is 1.55. The SMILES string of the molecule is CCOC(=O)N1CCC(N2C(=O)c3ccccc3[C@@H]2Nc2ccc(C(C)=O)cc2)CC1. The average Bonchev–Trinajstić information content (AvgIpc) is 3.06. The molecule has 2 amide bonds. The number of nitrogens with one attached hydrogen (secondary N) is 1. The molecule has 4 rings (SSSR count). The molecule has 2 aliphatic rings. The molecule has 0 spiro atoms. The van der Waals surface area contributed by atoms with E-state index in [1.165, 1.54) is 0 Å². The van der Waals surface area contributed by atoms with Crippen molar-refractivity contribution in [3.8, 4) is 0 Å². The van der Waals surface area contributed by atoms with Gasteiger partial charge in [0.15, 0.2) is 5.78 Å². The first-order chi connectivity index (χ1) is 15.0. The number of piperidine rings is 1. The smallest absolute Gasteiger partial charge is 0.409 e. The van der Waals surface area contributed by atoms with Gasteiger partial charge in [-0.2, -0.15) is 0 Å². The fraction of sp³-hybridized carbons (Fsp3) is 0.375. The van der Waals surface area contributed by atoms with Gasteiger partial charge in [-0.3, -0.25) is 9.59 Å². The predicted octanol–water partition coefficient (Wildman–Crippen LogP) is 4.08. The van der Waals surface area contributed by atoms with E-state index in [-0.39, 0.29) is 30.0 Å². The van der Waals surface area contributed by atoms with E-state index < -0.39 is 0 Å². The standard InChI is InChI=1S/C24H27N3O4/c1-3-31-24(30)26-14-12-19(13-15-26)27-22(20-6-4-5-7-21(20)23(27)29)25-18-10-8-17(9-11-18)16(2)28/h4-11,19,22,25H,3,12-15H2,1-2H3/t22-/m1/s1. The Hall–Kier alpha value is -3.35. The molecule has 1 saturated heterocycles. The van der Waals surface area contributed by atoms with Crippen LogP contribution in [0.2, 0.25) is 0 Å². The summed E-state index contributed by atoms with van der Waals surface area (Å²) in [5, 5.41) is 3.48. The van der Waals surface area contributed by atoms with Gasteiger partial charge >= 0.3 is 6.09 Å². The lowest BCUT2D eigenvalue weighted by Gasteiger charge is -2.39. The predicted molar refractivity (Wildman–Crippen MR) is 117 cm³/mol. The maximum atomic E-state index is 13.3. The summed E-state index contributed by atoms with van der Waals surface area (Å²) in [6.45, 7) is 4.81. The number of anilines is 1. The summed E-state index contributed by atoms with van der Waals surface area (Å²) < 4.78 is 5.11. The van der Waals surface area contributed by atoms with Crippen molar-refractivity contribution >= 4 is 23.5 Å². The summed E-state index contributed by atoms with van der Waals surface area (Å²) in [4.78, 5) is 40.5. The molecule has 2 heterocycles. The van der Waals surface area contributed by atoms with Crippen molar-refractivity contribution in [1.29, 1.82) is 0 Å². The zero-order valence-corrected chi connectivity index (χ0v) is 17.8.